The van der Waals surface area contributed by atoms with Crippen molar-refractivity contribution in [3.05, 3.63) is 36.4 Å². The Morgan fingerprint density at radius 3 is 2.32 bits per heavy atom. The van der Waals surface area contributed by atoms with E-state index in [4.69, 9.17) is 4.74 Å². The van der Waals surface area contributed by atoms with Gasteiger partial charge >= 0.3 is 5.97 Å². The predicted molar refractivity (Wildman–Crippen MR) is 105 cm³/mol. The summed E-state index contributed by atoms with van der Waals surface area (Å²) in [4.78, 5) is 24.4. The van der Waals surface area contributed by atoms with Crippen LogP contribution in [-0.4, -0.2) is 44.3 Å². The zero-order valence-corrected chi connectivity index (χ0v) is 16.9. The number of anilines is 1. The molecule has 0 heterocycles. The summed E-state index contributed by atoms with van der Waals surface area (Å²) in [7, 11) is -3.54. The smallest absolute Gasteiger partial charge is 0.310 e. The maximum atomic E-state index is 12.5. The molecule has 3 atom stereocenters. The van der Waals surface area contributed by atoms with Crippen molar-refractivity contribution in [2.24, 2.45) is 17.8 Å². The molecule has 1 aromatic carbocycles. The highest BCUT2D eigenvalue weighted by Crippen LogP contribution is 2.43. The van der Waals surface area contributed by atoms with Crippen LogP contribution in [0, 0.1) is 17.8 Å². The first kappa shape index (κ1) is 20.5. The first-order valence-electron chi connectivity index (χ1n) is 9.60. The summed E-state index contributed by atoms with van der Waals surface area (Å²) in [5.41, 5.74) is 0.447. The molecule has 2 bridgehead atoms. The number of fused-ring (bicyclic) bond motifs is 2. The van der Waals surface area contributed by atoms with Crippen LogP contribution in [0.25, 0.3) is 0 Å². The molecule has 152 valence electrons. The van der Waals surface area contributed by atoms with Crippen molar-refractivity contribution in [2.45, 2.75) is 31.6 Å². The molecule has 0 saturated heterocycles. The van der Waals surface area contributed by atoms with Crippen molar-refractivity contribution >= 4 is 27.6 Å². The average molecular weight is 407 g/mol. The Kier molecular flexibility index (Phi) is 6.20. The van der Waals surface area contributed by atoms with E-state index in [1.165, 1.54) is 28.6 Å². The second-order valence-electron chi connectivity index (χ2n) is 7.16. The van der Waals surface area contributed by atoms with Gasteiger partial charge < -0.3 is 10.1 Å². The number of carbonyl (C=O) groups excluding carboxylic acids is 2. The minimum atomic E-state index is -3.54. The van der Waals surface area contributed by atoms with Gasteiger partial charge in [0.2, 0.25) is 10.0 Å². The molecule has 0 aromatic heterocycles. The van der Waals surface area contributed by atoms with E-state index in [2.05, 4.69) is 17.5 Å². The van der Waals surface area contributed by atoms with E-state index in [1.54, 1.807) is 13.8 Å². The number of nitrogens with zero attached hydrogens (tertiary/aromatic N) is 1. The molecule has 0 radical (unpaired) electrons. The maximum Gasteiger partial charge on any atom is 0.310 e. The van der Waals surface area contributed by atoms with Gasteiger partial charge in [-0.05, 0) is 48.9 Å². The number of hydrogen-bond acceptors (Lipinski definition) is 5. The second-order valence-corrected chi connectivity index (χ2v) is 9.09. The third-order valence-electron chi connectivity index (χ3n) is 5.41. The van der Waals surface area contributed by atoms with Gasteiger partial charge in [0.15, 0.2) is 6.61 Å². The van der Waals surface area contributed by atoms with E-state index in [9.17, 15) is 18.0 Å². The number of sulfonamides is 1. The van der Waals surface area contributed by atoms with Gasteiger partial charge in [0.05, 0.1) is 10.8 Å². The molecule has 1 fully saturated rings. The standard InChI is InChI=1S/C20H26N2O5S/c1-3-22(4-2)28(25,26)17-9-7-16(8-10-17)21-19(23)13-27-20(24)18-12-14-5-6-15(18)11-14/h5-10,14-15,18H,3-4,11-13H2,1-2H3,(H,21,23)/t14-,15+,18-/m1/s1. The van der Waals surface area contributed by atoms with Gasteiger partial charge in [-0.3, -0.25) is 9.59 Å². The van der Waals surface area contributed by atoms with Gasteiger partial charge in [-0.2, -0.15) is 4.31 Å². The number of allylic oxidation sites excluding steroid dienone is 2. The lowest BCUT2D eigenvalue weighted by Gasteiger charge is -2.18. The zero-order chi connectivity index (χ0) is 20.3. The van der Waals surface area contributed by atoms with Gasteiger partial charge in [0.1, 0.15) is 0 Å². The van der Waals surface area contributed by atoms with Crippen molar-refractivity contribution < 1.29 is 22.7 Å². The number of amides is 1. The number of hydrogen-bond donors (Lipinski definition) is 1. The average Bonchev–Trinajstić information content (AvgIpc) is 3.31. The fourth-order valence-corrected chi connectivity index (χ4v) is 5.37. The van der Waals surface area contributed by atoms with Crippen LogP contribution in [-0.2, 0) is 24.3 Å². The lowest BCUT2D eigenvalue weighted by molar-refractivity contribution is -0.152. The van der Waals surface area contributed by atoms with E-state index in [-0.39, 0.29) is 29.3 Å². The highest BCUT2D eigenvalue weighted by atomic mass is 32.2. The number of carbonyl (C=O) groups is 2. The zero-order valence-electron chi connectivity index (χ0n) is 16.1. The van der Waals surface area contributed by atoms with Crippen LogP contribution in [0.1, 0.15) is 26.7 Å². The highest BCUT2D eigenvalue weighted by Gasteiger charge is 2.40. The van der Waals surface area contributed by atoms with Crippen LogP contribution >= 0.6 is 0 Å². The van der Waals surface area contributed by atoms with Crippen LogP contribution < -0.4 is 5.32 Å². The van der Waals surface area contributed by atoms with Crippen LogP contribution in [0.15, 0.2) is 41.3 Å². The quantitative estimate of drug-likeness (QED) is 0.529. The molecule has 2 aliphatic rings. The molecule has 28 heavy (non-hydrogen) atoms. The molecule has 3 rings (SSSR count). The van der Waals surface area contributed by atoms with E-state index >= 15 is 0 Å². The number of nitrogens with one attached hydrogen (secondary N) is 1. The largest absolute Gasteiger partial charge is 0.455 e. The summed E-state index contributed by atoms with van der Waals surface area (Å²) in [6.45, 7) is 3.99. The van der Waals surface area contributed by atoms with Crippen LogP contribution in [0.3, 0.4) is 0 Å². The molecule has 0 aliphatic heterocycles. The van der Waals surface area contributed by atoms with Crippen molar-refractivity contribution in [2.75, 3.05) is 25.0 Å². The monoisotopic (exact) mass is 406 g/mol. The summed E-state index contributed by atoms with van der Waals surface area (Å²) in [6.07, 6.45) is 6.00. The fraction of sp³-hybridized carbons (Fsp3) is 0.500. The Labute approximate surface area is 165 Å². The summed E-state index contributed by atoms with van der Waals surface area (Å²) in [6, 6.07) is 5.96. The van der Waals surface area contributed by atoms with E-state index in [0.29, 0.717) is 24.7 Å². The molecule has 1 aromatic rings. The number of rotatable bonds is 8. The number of ether oxygens (including phenoxy) is 1. The lowest BCUT2D eigenvalue weighted by Crippen LogP contribution is -2.30. The molecule has 1 N–H and O–H groups in total. The third kappa shape index (κ3) is 4.28. The van der Waals surface area contributed by atoms with Gasteiger partial charge in [-0.15, -0.1) is 0 Å². The third-order valence-corrected chi connectivity index (χ3v) is 7.47. The first-order chi connectivity index (χ1) is 13.3. The van der Waals surface area contributed by atoms with Gasteiger partial charge in [-0.25, -0.2) is 8.42 Å². The second kappa shape index (κ2) is 8.45. The van der Waals surface area contributed by atoms with Gasteiger partial charge in [0, 0.05) is 18.8 Å². The Hall–Kier alpha value is -2.19. The van der Waals surface area contributed by atoms with Crippen molar-refractivity contribution in [3.8, 4) is 0 Å². The SMILES string of the molecule is CCN(CC)S(=O)(=O)c1ccc(NC(=O)COC(=O)[C@@H]2C[C@@H]3C=C[C@H]2C3)cc1. The summed E-state index contributed by atoms with van der Waals surface area (Å²) >= 11 is 0. The summed E-state index contributed by atoms with van der Waals surface area (Å²) in [5, 5.41) is 2.62. The van der Waals surface area contributed by atoms with E-state index in [0.717, 1.165) is 12.8 Å². The number of esters is 1. The van der Waals surface area contributed by atoms with Crippen LogP contribution in [0.4, 0.5) is 5.69 Å². The van der Waals surface area contributed by atoms with E-state index in [1.807, 2.05) is 0 Å². The first-order valence-corrected chi connectivity index (χ1v) is 11.0. The summed E-state index contributed by atoms with van der Waals surface area (Å²) in [5.74, 6) is -0.227. The Morgan fingerprint density at radius 2 is 1.79 bits per heavy atom. The molecule has 1 amide bonds. The molecule has 8 heteroatoms. The minimum Gasteiger partial charge on any atom is -0.455 e. The van der Waals surface area contributed by atoms with Crippen molar-refractivity contribution in [1.29, 1.82) is 0 Å². The molecule has 1 saturated carbocycles. The van der Waals surface area contributed by atoms with E-state index < -0.39 is 15.9 Å². The molecule has 0 unspecified atom stereocenters. The van der Waals surface area contributed by atoms with Crippen LogP contribution in [0.5, 0.6) is 0 Å². The van der Waals surface area contributed by atoms with Gasteiger partial charge in [-0.1, -0.05) is 26.0 Å². The summed E-state index contributed by atoms with van der Waals surface area (Å²) < 4.78 is 31.5. The minimum absolute atomic E-state index is 0.146. The lowest BCUT2D eigenvalue weighted by atomic mass is 9.94. The van der Waals surface area contributed by atoms with Crippen molar-refractivity contribution in [1.82, 2.24) is 4.31 Å². The van der Waals surface area contributed by atoms with Crippen LogP contribution in [0.2, 0.25) is 0 Å². The Bertz CT molecular complexity index is 859. The molecule has 0 spiro atoms. The maximum absolute atomic E-state index is 12.5. The molecular weight excluding hydrogens is 380 g/mol. The van der Waals surface area contributed by atoms with Gasteiger partial charge in [0.25, 0.3) is 5.91 Å². The fourth-order valence-electron chi connectivity index (χ4n) is 3.92. The molecule has 2 aliphatic carbocycles. The normalized spacial score (nSPS) is 23.2. The molecule has 7 nitrogen and oxygen atoms in total. The predicted octanol–water partition coefficient (Wildman–Crippen LogP) is 2.41. The topological polar surface area (TPSA) is 92.8 Å². The molecular formula is C20H26N2O5S. The highest BCUT2D eigenvalue weighted by molar-refractivity contribution is 7.89. The Morgan fingerprint density at radius 1 is 1.11 bits per heavy atom. The Balaban J connectivity index is 1.52. The number of benzene rings is 1. The van der Waals surface area contributed by atoms with Crippen molar-refractivity contribution in [3.63, 3.8) is 0 Å².